The number of benzene rings is 1. The molecule has 1 aromatic carbocycles. The molecule has 0 unspecified atom stereocenters. The maximum absolute atomic E-state index is 5.10. The van der Waals surface area contributed by atoms with Crippen LogP contribution in [0.4, 0.5) is 5.69 Å². The van der Waals surface area contributed by atoms with Crippen LogP contribution in [0, 0.1) is 6.57 Å². The average Bonchev–Trinajstić information content (AvgIpc) is 2.34. The first-order valence-electron chi connectivity index (χ1n) is 5.01. The van der Waals surface area contributed by atoms with Gasteiger partial charge in [-0.15, -0.1) is 0 Å². The lowest BCUT2D eigenvalue weighted by Crippen LogP contribution is -1.68. The molecule has 0 fully saturated rings. The predicted molar refractivity (Wildman–Crippen MR) is 67.2 cm³/mol. The van der Waals surface area contributed by atoms with E-state index in [0.717, 1.165) is 11.3 Å². The highest BCUT2D eigenvalue weighted by molar-refractivity contribution is 5.66. The minimum absolute atomic E-state index is 0.775. The first-order valence-corrected chi connectivity index (χ1v) is 5.01. The van der Waals surface area contributed by atoms with Gasteiger partial charge in [-0.05, 0) is 10.9 Å². The highest BCUT2D eigenvalue weighted by Gasteiger charge is 2.02. The summed E-state index contributed by atoms with van der Waals surface area (Å²) >= 11 is 0. The van der Waals surface area contributed by atoms with Crippen LogP contribution in [0.25, 0.3) is 10.9 Å². The molecular formula is C13H20N+. The Kier molecular flexibility index (Phi) is 12.2. The zero-order valence-corrected chi connectivity index (χ0v) is 9.62. The molecule has 0 aliphatic rings. The molecule has 0 amide bonds. The zero-order chi connectivity index (χ0) is 11.4. The molecule has 0 spiro atoms. The molecule has 76 valence electrons. The van der Waals surface area contributed by atoms with Crippen LogP contribution in [0.3, 0.4) is 0 Å². The van der Waals surface area contributed by atoms with Crippen LogP contribution in [0.1, 0.15) is 33.3 Å². The van der Waals surface area contributed by atoms with Gasteiger partial charge >= 0.3 is 5.69 Å². The summed E-state index contributed by atoms with van der Waals surface area (Å²) in [7, 11) is 0. The summed E-state index contributed by atoms with van der Waals surface area (Å²) in [6.45, 7) is 16.7. The lowest BCUT2D eigenvalue weighted by molar-refractivity contribution is 1.50. The van der Waals surface area contributed by atoms with Gasteiger partial charge < -0.3 is 0 Å². The molecule has 1 nitrogen and oxygen atoms in total. The monoisotopic (exact) mass is 190 g/mol. The van der Waals surface area contributed by atoms with Gasteiger partial charge in [0.15, 0.2) is 0 Å². The van der Waals surface area contributed by atoms with Crippen LogP contribution in [-0.2, 0) is 0 Å². The molecule has 0 saturated heterocycles. The summed E-state index contributed by atoms with van der Waals surface area (Å²) in [4.78, 5) is 3.57. The molecule has 1 heteroatoms. The van der Waals surface area contributed by atoms with E-state index in [2.05, 4.69) is 11.4 Å². The van der Waals surface area contributed by atoms with Crippen molar-refractivity contribution in [2.45, 2.75) is 27.7 Å². The molecule has 0 aliphatic carbocycles. The summed E-state index contributed by atoms with van der Waals surface area (Å²) in [5, 5.41) is 0. The number of nitrogens with zero attached hydrogens (tertiary/aromatic N) is 1. The van der Waals surface area contributed by atoms with Crippen molar-refractivity contribution in [3.05, 3.63) is 41.3 Å². The molecule has 0 N–H and O–H groups in total. The van der Waals surface area contributed by atoms with Crippen LogP contribution >= 0.6 is 0 Å². The minimum Gasteiger partial charge on any atom is -0.0982 e. The van der Waals surface area contributed by atoms with Gasteiger partial charge in [-0.1, -0.05) is 52.5 Å². The second-order valence-electron chi connectivity index (χ2n) is 1.89. The Labute approximate surface area is 87.9 Å². The topological polar surface area (TPSA) is 4.36 Å². The smallest absolute Gasteiger partial charge is 0.0982 e. The first kappa shape index (κ1) is 14.9. The molecule has 1 aromatic rings. The largest absolute Gasteiger partial charge is 0.346 e. The van der Waals surface area contributed by atoms with Crippen molar-refractivity contribution in [1.82, 2.24) is 0 Å². The van der Waals surface area contributed by atoms with E-state index in [1.807, 2.05) is 52.0 Å². The molecule has 0 bridgehead atoms. The van der Waals surface area contributed by atoms with Gasteiger partial charge in [0.2, 0.25) is 0 Å². The fourth-order valence-electron chi connectivity index (χ4n) is 0.778. The van der Waals surface area contributed by atoms with Crippen LogP contribution in [-0.4, -0.2) is 0 Å². The number of hydrogen-bond donors (Lipinski definition) is 0. The molecule has 14 heavy (non-hydrogen) atoms. The minimum atomic E-state index is 0.775. The summed E-state index contributed by atoms with van der Waals surface area (Å²) in [5.41, 5.74) is 1.74. The molecule has 0 aliphatic heterocycles. The van der Waals surface area contributed by atoms with Crippen molar-refractivity contribution >= 4 is 11.8 Å². The van der Waals surface area contributed by atoms with Crippen molar-refractivity contribution in [2.75, 3.05) is 0 Å². The van der Waals surface area contributed by atoms with E-state index in [4.69, 9.17) is 6.57 Å². The number of rotatable bonds is 1. The summed E-state index contributed by atoms with van der Waals surface area (Å²) in [6.07, 6.45) is 1.73. The normalized spacial score (nSPS) is 6.79. The van der Waals surface area contributed by atoms with Gasteiger partial charge in [-0.25, -0.2) is 0 Å². The third-order valence-corrected chi connectivity index (χ3v) is 1.30. The number of para-hydroxylation sites is 1. The molecule has 0 heterocycles. The fourth-order valence-corrected chi connectivity index (χ4v) is 0.778. The summed E-state index contributed by atoms with van der Waals surface area (Å²) < 4.78 is 0. The van der Waals surface area contributed by atoms with E-state index < -0.39 is 0 Å². The Morgan fingerprint density at radius 2 is 1.64 bits per heavy atom. The molecule has 0 radical (unpaired) electrons. The lowest BCUT2D eigenvalue weighted by atomic mass is 10.2. The van der Waals surface area contributed by atoms with Gasteiger partial charge in [0.1, 0.15) is 0 Å². The fraction of sp³-hybridized carbons (Fsp3) is 0.308. The van der Waals surface area contributed by atoms with E-state index in [1.165, 1.54) is 0 Å². The van der Waals surface area contributed by atoms with Crippen molar-refractivity contribution in [2.24, 2.45) is 0 Å². The standard InChI is InChI=1S/C9H8N.2C2H6/c1-3-8-6-4-5-7-9(8)10-2;2*1-2/h2-7H,1H2;2*1-2H3/q+1;;. The Bertz CT molecular complexity index is 282. The predicted octanol–water partition coefficient (Wildman–Crippen LogP) is 4.98. The average molecular weight is 190 g/mol. The second kappa shape index (κ2) is 11.4. The maximum atomic E-state index is 5.10. The molecule has 0 atom stereocenters. The van der Waals surface area contributed by atoms with E-state index >= 15 is 0 Å². The van der Waals surface area contributed by atoms with Crippen LogP contribution in [0.5, 0.6) is 0 Å². The molecular weight excluding hydrogens is 170 g/mol. The third-order valence-electron chi connectivity index (χ3n) is 1.30. The Hall–Kier alpha value is -1.55. The molecule has 1 rings (SSSR count). The van der Waals surface area contributed by atoms with Crippen LogP contribution in [0.2, 0.25) is 0 Å². The van der Waals surface area contributed by atoms with E-state index in [9.17, 15) is 0 Å². The first-order chi connectivity index (χ1) is 6.88. The van der Waals surface area contributed by atoms with Gasteiger partial charge in [-0.2, -0.15) is 0 Å². The van der Waals surface area contributed by atoms with Crippen molar-refractivity contribution < 1.29 is 0 Å². The Morgan fingerprint density at radius 1 is 1.14 bits per heavy atom. The van der Waals surface area contributed by atoms with Gasteiger partial charge in [0.05, 0.1) is 5.56 Å². The van der Waals surface area contributed by atoms with E-state index in [0.29, 0.717) is 0 Å². The molecule has 0 aromatic heterocycles. The van der Waals surface area contributed by atoms with Gasteiger partial charge in [0.25, 0.3) is 6.57 Å². The van der Waals surface area contributed by atoms with Crippen LogP contribution in [0.15, 0.2) is 30.8 Å². The van der Waals surface area contributed by atoms with Crippen molar-refractivity contribution in [1.29, 1.82) is 0 Å². The van der Waals surface area contributed by atoms with Crippen LogP contribution < -0.4 is 0 Å². The lowest BCUT2D eigenvalue weighted by Gasteiger charge is -1.84. The number of hydrogen-bond acceptors (Lipinski definition) is 0. The summed E-state index contributed by atoms with van der Waals surface area (Å²) in [6, 6.07) is 7.57. The highest BCUT2D eigenvalue weighted by atomic mass is 14.6. The van der Waals surface area contributed by atoms with Crippen molar-refractivity contribution in [3.8, 4) is 6.57 Å². The van der Waals surface area contributed by atoms with Crippen molar-refractivity contribution in [3.63, 3.8) is 0 Å². The van der Waals surface area contributed by atoms with E-state index in [1.54, 1.807) is 6.08 Å². The Morgan fingerprint density at radius 3 is 2.00 bits per heavy atom. The quantitative estimate of drug-likeness (QED) is 0.588. The third kappa shape index (κ3) is 5.16. The maximum Gasteiger partial charge on any atom is 0.346 e. The second-order valence-corrected chi connectivity index (χ2v) is 1.89. The SMILES string of the molecule is C#[N+]c1ccccc1C=C.CC.CC. The zero-order valence-electron chi connectivity index (χ0n) is 9.62. The summed E-state index contributed by atoms with van der Waals surface area (Å²) in [5.74, 6) is 0. The highest BCUT2D eigenvalue weighted by Crippen LogP contribution is 2.18. The van der Waals surface area contributed by atoms with Gasteiger partial charge in [0, 0.05) is 6.07 Å². The Balaban J connectivity index is 0. The van der Waals surface area contributed by atoms with E-state index in [-0.39, 0.29) is 0 Å². The van der Waals surface area contributed by atoms with Gasteiger partial charge in [-0.3, -0.25) is 0 Å². The molecule has 0 saturated carbocycles.